The highest BCUT2D eigenvalue weighted by molar-refractivity contribution is 6.00. The first-order valence-electron chi connectivity index (χ1n) is 6.85. The molecule has 21 heavy (non-hydrogen) atoms. The van der Waals surface area contributed by atoms with Crippen molar-refractivity contribution in [3.05, 3.63) is 53.6 Å². The molecule has 0 aromatic heterocycles. The topological polar surface area (TPSA) is 50.1 Å². The van der Waals surface area contributed by atoms with Crippen LogP contribution in [0, 0.1) is 11.3 Å². The van der Waals surface area contributed by atoms with Gasteiger partial charge in [-0.1, -0.05) is 18.2 Å². The minimum atomic E-state index is -0.475. The summed E-state index contributed by atoms with van der Waals surface area (Å²) in [6.07, 6.45) is 0.392. The van der Waals surface area contributed by atoms with Gasteiger partial charge in [-0.05, 0) is 49.2 Å². The van der Waals surface area contributed by atoms with E-state index in [4.69, 9.17) is 10.00 Å². The lowest BCUT2D eigenvalue weighted by atomic mass is 9.91. The van der Waals surface area contributed by atoms with Crippen LogP contribution in [0.15, 0.2) is 42.5 Å². The molecule has 0 saturated carbocycles. The second-order valence-electron chi connectivity index (χ2n) is 5.87. The zero-order valence-corrected chi connectivity index (χ0v) is 12.0. The summed E-state index contributed by atoms with van der Waals surface area (Å²) in [5.74, 6) is 0.731. The lowest BCUT2D eigenvalue weighted by Gasteiger charge is -2.31. The molecule has 0 spiro atoms. The summed E-state index contributed by atoms with van der Waals surface area (Å²) in [5.41, 5.74) is 2.65. The van der Waals surface area contributed by atoms with E-state index in [1.165, 1.54) is 0 Å². The molecule has 0 atom stereocenters. The maximum absolute atomic E-state index is 12.1. The van der Waals surface area contributed by atoms with Crippen LogP contribution in [0.4, 0.5) is 0 Å². The average molecular weight is 277 g/mol. The van der Waals surface area contributed by atoms with Gasteiger partial charge < -0.3 is 4.74 Å². The third-order valence-corrected chi connectivity index (χ3v) is 3.58. The number of carbonyl (C=O) groups is 1. The number of Topliss-reactive ketones (excluding diaryl/α,β-unsaturated/α-hetero) is 1. The molecule has 2 aromatic carbocycles. The van der Waals surface area contributed by atoms with Gasteiger partial charge in [0.15, 0.2) is 5.78 Å². The van der Waals surface area contributed by atoms with Crippen LogP contribution < -0.4 is 4.74 Å². The molecule has 1 heterocycles. The maximum atomic E-state index is 12.1. The molecule has 0 unspecified atom stereocenters. The number of ketones is 1. The Hall–Kier alpha value is -2.60. The number of nitriles is 1. The van der Waals surface area contributed by atoms with E-state index in [-0.39, 0.29) is 5.78 Å². The number of carbonyl (C=O) groups excluding carboxylic acids is 1. The Kier molecular flexibility index (Phi) is 3.03. The number of hydrogen-bond donors (Lipinski definition) is 0. The third kappa shape index (κ3) is 2.53. The van der Waals surface area contributed by atoms with Crippen LogP contribution in [-0.2, 0) is 0 Å². The van der Waals surface area contributed by atoms with Gasteiger partial charge in [0, 0.05) is 0 Å². The zero-order valence-electron chi connectivity index (χ0n) is 12.0. The summed E-state index contributed by atoms with van der Waals surface area (Å²) >= 11 is 0. The molecule has 0 radical (unpaired) electrons. The lowest BCUT2D eigenvalue weighted by Crippen LogP contribution is -2.35. The minimum Gasteiger partial charge on any atom is -0.487 e. The van der Waals surface area contributed by atoms with Gasteiger partial charge in [0.05, 0.1) is 23.6 Å². The summed E-state index contributed by atoms with van der Waals surface area (Å²) in [7, 11) is 0. The largest absolute Gasteiger partial charge is 0.487 e. The number of fused-ring (bicyclic) bond motifs is 1. The standard InChI is InChI=1S/C18H15NO2/c1-18(2)10-16(20)15-7-6-14(9-17(15)21-18)13-5-3-4-12(8-13)11-19/h3-9H,10H2,1-2H3. The van der Waals surface area contributed by atoms with Crippen molar-refractivity contribution in [1.82, 2.24) is 0 Å². The Morgan fingerprint density at radius 1 is 1.14 bits per heavy atom. The van der Waals surface area contributed by atoms with Crippen LogP contribution in [0.2, 0.25) is 0 Å². The van der Waals surface area contributed by atoms with Gasteiger partial charge in [-0.25, -0.2) is 0 Å². The van der Waals surface area contributed by atoms with Crippen molar-refractivity contribution in [2.24, 2.45) is 0 Å². The summed E-state index contributed by atoms with van der Waals surface area (Å²) in [6, 6.07) is 15.1. The quantitative estimate of drug-likeness (QED) is 0.792. The highest BCUT2D eigenvalue weighted by atomic mass is 16.5. The van der Waals surface area contributed by atoms with Crippen molar-refractivity contribution in [3.63, 3.8) is 0 Å². The van der Waals surface area contributed by atoms with Crippen molar-refractivity contribution in [2.75, 3.05) is 0 Å². The van der Waals surface area contributed by atoms with Gasteiger partial charge in [-0.15, -0.1) is 0 Å². The fourth-order valence-corrected chi connectivity index (χ4v) is 2.60. The number of rotatable bonds is 1. The van der Waals surface area contributed by atoms with E-state index in [9.17, 15) is 4.79 Å². The Balaban J connectivity index is 2.07. The van der Waals surface area contributed by atoms with Crippen LogP contribution in [0.5, 0.6) is 5.75 Å². The van der Waals surface area contributed by atoms with Crippen LogP contribution >= 0.6 is 0 Å². The molecule has 0 saturated heterocycles. The maximum Gasteiger partial charge on any atom is 0.170 e. The number of benzene rings is 2. The van der Waals surface area contributed by atoms with Crippen LogP contribution in [0.1, 0.15) is 36.2 Å². The van der Waals surface area contributed by atoms with Gasteiger partial charge >= 0.3 is 0 Å². The highest BCUT2D eigenvalue weighted by Gasteiger charge is 2.32. The molecular formula is C18H15NO2. The molecule has 0 fully saturated rings. The first-order valence-corrected chi connectivity index (χ1v) is 6.85. The Labute approximate surface area is 123 Å². The van der Waals surface area contributed by atoms with Crippen molar-refractivity contribution >= 4 is 5.78 Å². The molecule has 3 heteroatoms. The molecule has 0 bridgehead atoms. The van der Waals surface area contributed by atoms with Crippen molar-refractivity contribution < 1.29 is 9.53 Å². The third-order valence-electron chi connectivity index (χ3n) is 3.58. The fourth-order valence-electron chi connectivity index (χ4n) is 2.60. The average Bonchev–Trinajstić information content (AvgIpc) is 2.45. The summed E-state index contributed by atoms with van der Waals surface area (Å²) < 4.78 is 5.92. The molecule has 0 amide bonds. The minimum absolute atomic E-state index is 0.110. The van der Waals surface area contributed by atoms with E-state index in [0.29, 0.717) is 23.3 Å². The van der Waals surface area contributed by atoms with E-state index < -0.39 is 5.60 Å². The molecule has 1 aliphatic rings. The van der Waals surface area contributed by atoms with E-state index >= 15 is 0 Å². The van der Waals surface area contributed by atoms with E-state index in [2.05, 4.69) is 6.07 Å². The summed E-state index contributed by atoms with van der Waals surface area (Å²) in [4.78, 5) is 12.1. The molecule has 3 rings (SSSR count). The predicted molar refractivity (Wildman–Crippen MR) is 80.2 cm³/mol. The highest BCUT2D eigenvalue weighted by Crippen LogP contribution is 2.36. The Bertz CT molecular complexity index is 769. The van der Waals surface area contributed by atoms with Crippen molar-refractivity contribution in [1.29, 1.82) is 5.26 Å². The second kappa shape index (κ2) is 4.75. The predicted octanol–water partition coefficient (Wildman–Crippen LogP) is 3.97. The monoisotopic (exact) mass is 277 g/mol. The van der Waals surface area contributed by atoms with Gasteiger partial charge in [0.1, 0.15) is 11.4 Å². The number of nitrogens with zero attached hydrogens (tertiary/aromatic N) is 1. The molecule has 2 aromatic rings. The van der Waals surface area contributed by atoms with E-state index in [1.807, 2.05) is 44.2 Å². The van der Waals surface area contributed by atoms with E-state index in [1.54, 1.807) is 12.1 Å². The van der Waals surface area contributed by atoms with Crippen molar-refractivity contribution in [3.8, 4) is 22.9 Å². The summed E-state index contributed by atoms with van der Waals surface area (Å²) in [6.45, 7) is 3.83. The van der Waals surface area contributed by atoms with Crippen molar-refractivity contribution in [2.45, 2.75) is 25.9 Å². The number of ether oxygens (including phenoxy) is 1. The van der Waals surface area contributed by atoms with Gasteiger partial charge in [0.2, 0.25) is 0 Å². The second-order valence-corrected chi connectivity index (χ2v) is 5.87. The fraction of sp³-hybridized carbons (Fsp3) is 0.222. The van der Waals surface area contributed by atoms with E-state index in [0.717, 1.165) is 11.1 Å². The lowest BCUT2D eigenvalue weighted by molar-refractivity contribution is 0.0620. The molecule has 1 aliphatic heterocycles. The van der Waals surface area contributed by atoms with Crippen LogP contribution in [0.3, 0.4) is 0 Å². The van der Waals surface area contributed by atoms with Gasteiger partial charge in [0.25, 0.3) is 0 Å². The Morgan fingerprint density at radius 3 is 2.67 bits per heavy atom. The van der Waals surface area contributed by atoms with Crippen LogP contribution in [-0.4, -0.2) is 11.4 Å². The van der Waals surface area contributed by atoms with Crippen LogP contribution in [0.25, 0.3) is 11.1 Å². The smallest absolute Gasteiger partial charge is 0.170 e. The molecule has 3 nitrogen and oxygen atoms in total. The molecule has 0 N–H and O–H groups in total. The molecule has 0 aliphatic carbocycles. The zero-order chi connectivity index (χ0) is 15.0. The first-order chi connectivity index (χ1) is 9.98. The Morgan fingerprint density at radius 2 is 1.90 bits per heavy atom. The van der Waals surface area contributed by atoms with Gasteiger partial charge in [-0.3, -0.25) is 4.79 Å². The SMILES string of the molecule is CC1(C)CC(=O)c2ccc(-c3cccc(C#N)c3)cc2O1. The normalized spacial score (nSPS) is 15.8. The molecule has 104 valence electrons. The number of hydrogen-bond acceptors (Lipinski definition) is 3. The molecular weight excluding hydrogens is 262 g/mol. The first kappa shape index (κ1) is 13.4. The van der Waals surface area contributed by atoms with Gasteiger partial charge in [-0.2, -0.15) is 5.26 Å². The summed E-state index contributed by atoms with van der Waals surface area (Å²) in [5, 5.41) is 8.99.